The molecule has 3 N–H and O–H groups in total. The van der Waals surface area contributed by atoms with Gasteiger partial charge in [0, 0.05) is 24.0 Å². The summed E-state index contributed by atoms with van der Waals surface area (Å²) < 4.78 is 0. The van der Waals surface area contributed by atoms with Crippen LogP contribution in [0.25, 0.3) is 0 Å². The molecule has 0 bridgehead atoms. The Balaban J connectivity index is 1.67. The number of carbonyl (C=O) groups is 1. The summed E-state index contributed by atoms with van der Waals surface area (Å²) >= 11 is 0. The number of para-hydroxylation sites is 1. The lowest BCUT2D eigenvalue weighted by Crippen LogP contribution is -2.46. The molecule has 0 aromatic heterocycles. The quantitative estimate of drug-likeness (QED) is 0.912. The maximum absolute atomic E-state index is 12.4. The number of benzene rings is 2. The largest absolute Gasteiger partial charge is 0.360 e. The maximum atomic E-state index is 12.4. The van der Waals surface area contributed by atoms with Gasteiger partial charge in [-0.3, -0.25) is 4.79 Å². The zero-order chi connectivity index (χ0) is 16.2. The van der Waals surface area contributed by atoms with Crippen molar-refractivity contribution >= 4 is 17.3 Å². The predicted molar refractivity (Wildman–Crippen MR) is 94.8 cm³/mol. The number of nitrogens with zero attached hydrogens (tertiary/aromatic N) is 1. The number of amides is 1. The van der Waals surface area contributed by atoms with E-state index in [1.807, 2.05) is 36.4 Å². The minimum absolute atomic E-state index is 0.0156. The Kier molecular flexibility index (Phi) is 4.63. The molecule has 0 aliphatic carbocycles. The highest BCUT2D eigenvalue weighted by Crippen LogP contribution is 2.26. The number of hydrogen-bond donors (Lipinski definition) is 2. The van der Waals surface area contributed by atoms with E-state index in [-0.39, 0.29) is 11.9 Å². The third-order valence-electron chi connectivity index (χ3n) is 4.25. The van der Waals surface area contributed by atoms with Crippen molar-refractivity contribution in [3.8, 4) is 0 Å². The van der Waals surface area contributed by atoms with Gasteiger partial charge in [-0.2, -0.15) is 0 Å². The summed E-state index contributed by atoms with van der Waals surface area (Å²) in [5, 5.41) is 2.96. The number of nitrogens with two attached hydrogens (primary N) is 1. The second kappa shape index (κ2) is 6.84. The summed E-state index contributed by atoms with van der Waals surface area (Å²) in [4.78, 5) is 14.4. The predicted octanol–water partition coefficient (Wildman–Crippen LogP) is 2.58. The molecule has 1 heterocycles. The van der Waals surface area contributed by atoms with Gasteiger partial charge in [-0.25, -0.2) is 0 Å². The van der Waals surface area contributed by atoms with Crippen molar-refractivity contribution in [1.82, 2.24) is 0 Å². The van der Waals surface area contributed by atoms with Gasteiger partial charge in [0.25, 0.3) is 0 Å². The third-order valence-corrected chi connectivity index (χ3v) is 4.25. The van der Waals surface area contributed by atoms with Crippen LogP contribution >= 0.6 is 0 Å². The summed E-state index contributed by atoms with van der Waals surface area (Å²) in [7, 11) is 0. The molecule has 120 valence electrons. The fraction of sp³-hybridized carbons (Fsp3) is 0.316. The molecule has 0 saturated heterocycles. The Morgan fingerprint density at radius 2 is 1.96 bits per heavy atom. The third kappa shape index (κ3) is 3.71. The van der Waals surface area contributed by atoms with Gasteiger partial charge in [0.2, 0.25) is 5.91 Å². The SMILES string of the molecule is CCc1ccc(NC(=O)CN2CC(N)Cc3ccccc32)cc1. The van der Waals surface area contributed by atoms with E-state index in [9.17, 15) is 4.79 Å². The highest BCUT2D eigenvalue weighted by Gasteiger charge is 2.23. The van der Waals surface area contributed by atoms with E-state index in [0.717, 1.165) is 24.2 Å². The van der Waals surface area contributed by atoms with Gasteiger partial charge < -0.3 is 16.0 Å². The molecule has 4 heteroatoms. The number of aryl methyl sites for hydroxylation is 1. The molecule has 0 spiro atoms. The molecule has 0 radical (unpaired) electrons. The van der Waals surface area contributed by atoms with Crippen molar-refractivity contribution in [3.05, 3.63) is 59.7 Å². The second-order valence-corrected chi connectivity index (χ2v) is 6.07. The Morgan fingerprint density at radius 3 is 2.70 bits per heavy atom. The van der Waals surface area contributed by atoms with Crippen molar-refractivity contribution in [2.75, 3.05) is 23.3 Å². The van der Waals surface area contributed by atoms with Crippen LogP contribution in [0, 0.1) is 0 Å². The minimum atomic E-state index is -0.0156. The van der Waals surface area contributed by atoms with Crippen LogP contribution in [0.4, 0.5) is 11.4 Å². The Bertz CT molecular complexity index is 681. The van der Waals surface area contributed by atoms with E-state index in [1.54, 1.807) is 0 Å². The van der Waals surface area contributed by atoms with Gasteiger partial charge in [0.15, 0.2) is 0 Å². The minimum Gasteiger partial charge on any atom is -0.360 e. The molecule has 0 saturated carbocycles. The molecule has 3 rings (SSSR count). The number of anilines is 2. The molecule has 23 heavy (non-hydrogen) atoms. The molecule has 1 amide bonds. The first-order valence-corrected chi connectivity index (χ1v) is 8.13. The van der Waals surface area contributed by atoms with Crippen LogP contribution in [0.1, 0.15) is 18.1 Å². The molecular formula is C19H23N3O. The van der Waals surface area contributed by atoms with Crippen LogP contribution in [-0.4, -0.2) is 25.0 Å². The fourth-order valence-electron chi connectivity index (χ4n) is 3.07. The maximum Gasteiger partial charge on any atom is 0.243 e. The molecular weight excluding hydrogens is 286 g/mol. The van der Waals surface area contributed by atoms with Crippen LogP contribution in [0.5, 0.6) is 0 Å². The second-order valence-electron chi connectivity index (χ2n) is 6.07. The number of nitrogens with one attached hydrogen (secondary N) is 1. The van der Waals surface area contributed by atoms with Crippen LogP contribution in [0.15, 0.2) is 48.5 Å². The van der Waals surface area contributed by atoms with E-state index >= 15 is 0 Å². The van der Waals surface area contributed by atoms with Crippen molar-refractivity contribution < 1.29 is 4.79 Å². The van der Waals surface area contributed by atoms with Crippen molar-refractivity contribution in [3.63, 3.8) is 0 Å². The number of carbonyl (C=O) groups excluding carboxylic acids is 1. The van der Waals surface area contributed by atoms with Gasteiger partial charge in [0.05, 0.1) is 6.54 Å². The summed E-state index contributed by atoms with van der Waals surface area (Å²) in [6.45, 7) is 3.14. The van der Waals surface area contributed by atoms with Crippen molar-refractivity contribution in [2.45, 2.75) is 25.8 Å². The van der Waals surface area contributed by atoms with E-state index in [0.29, 0.717) is 13.1 Å². The Hall–Kier alpha value is -2.33. The lowest BCUT2D eigenvalue weighted by Gasteiger charge is -2.34. The van der Waals surface area contributed by atoms with E-state index in [1.165, 1.54) is 11.1 Å². The Morgan fingerprint density at radius 1 is 1.22 bits per heavy atom. The van der Waals surface area contributed by atoms with Gasteiger partial charge in [-0.05, 0) is 42.2 Å². The van der Waals surface area contributed by atoms with Gasteiger partial charge in [-0.15, -0.1) is 0 Å². The molecule has 0 fully saturated rings. The number of fused-ring (bicyclic) bond motifs is 1. The first-order valence-electron chi connectivity index (χ1n) is 8.13. The number of rotatable bonds is 4. The molecule has 1 atom stereocenters. The molecule has 2 aromatic carbocycles. The van der Waals surface area contributed by atoms with Crippen molar-refractivity contribution in [1.29, 1.82) is 0 Å². The Labute approximate surface area is 137 Å². The standard InChI is InChI=1S/C19H23N3O/c1-2-14-7-9-17(10-8-14)21-19(23)13-22-12-16(20)11-15-5-3-4-6-18(15)22/h3-10,16H,2,11-13,20H2,1H3,(H,21,23). The average Bonchev–Trinajstić information content (AvgIpc) is 2.55. The highest BCUT2D eigenvalue weighted by molar-refractivity contribution is 5.94. The van der Waals surface area contributed by atoms with Crippen LogP contribution < -0.4 is 16.0 Å². The van der Waals surface area contributed by atoms with E-state index in [2.05, 4.69) is 29.3 Å². The monoisotopic (exact) mass is 309 g/mol. The molecule has 1 aliphatic rings. The van der Waals surface area contributed by atoms with E-state index in [4.69, 9.17) is 5.73 Å². The van der Waals surface area contributed by atoms with Gasteiger partial charge >= 0.3 is 0 Å². The number of hydrogen-bond acceptors (Lipinski definition) is 3. The van der Waals surface area contributed by atoms with Crippen LogP contribution in [0.2, 0.25) is 0 Å². The normalized spacial score (nSPS) is 16.8. The molecule has 4 nitrogen and oxygen atoms in total. The summed E-state index contributed by atoms with van der Waals surface area (Å²) in [6, 6.07) is 16.2. The summed E-state index contributed by atoms with van der Waals surface area (Å²) in [6.07, 6.45) is 1.86. The molecule has 2 aromatic rings. The highest BCUT2D eigenvalue weighted by atomic mass is 16.2. The van der Waals surface area contributed by atoms with Crippen LogP contribution in [0.3, 0.4) is 0 Å². The van der Waals surface area contributed by atoms with Gasteiger partial charge in [-0.1, -0.05) is 37.3 Å². The first-order chi connectivity index (χ1) is 11.2. The van der Waals surface area contributed by atoms with Crippen LogP contribution in [-0.2, 0) is 17.6 Å². The zero-order valence-corrected chi connectivity index (χ0v) is 13.5. The summed E-state index contributed by atoms with van der Waals surface area (Å²) in [5.74, 6) is -0.0156. The van der Waals surface area contributed by atoms with Crippen molar-refractivity contribution in [2.24, 2.45) is 5.73 Å². The molecule has 1 unspecified atom stereocenters. The van der Waals surface area contributed by atoms with Gasteiger partial charge in [0.1, 0.15) is 0 Å². The lowest BCUT2D eigenvalue weighted by molar-refractivity contribution is -0.115. The topological polar surface area (TPSA) is 58.4 Å². The lowest BCUT2D eigenvalue weighted by atomic mass is 9.98. The first kappa shape index (κ1) is 15.6. The molecule has 1 aliphatic heterocycles. The van der Waals surface area contributed by atoms with E-state index < -0.39 is 0 Å². The summed E-state index contributed by atoms with van der Waals surface area (Å²) in [5.41, 5.74) is 10.6. The smallest absolute Gasteiger partial charge is 0.243 e. The zero-order valence-electron chi connectivity index (χ0n) is 13.5. The average molecular weight is 309 g/mol. The fourth-order valence-corrected chi connectivity index (χ4v) is 3.07.